The van der Waals surface area contributed by atoms with E-state index in [0.717, 1.165) is 9.52 Å². The molecule has 2 atom stereocenters. The van der Waals surface area contributed by atoms with E-state index in [9.17, 15) is 0 Å². The van der Waals surface area contributed by atoms with Crippen molar-refractivity contribution >= 4 is 48.1 Å². The van der Waals surface area contributed by atoms with Gasteiger partial charge in [-0.05, 0) is 64.5 Å². The van der Waals surface area contributed by atoms with Gasteiger partial charge in [0.15, 0.2) is 0 Å². The third-order valence-electron chi connectivity index (χ3n) is 9.63. The number of hydrogen-bond donors (Lipinski definition) is 0. The predicted octanol–water partition coefficient (Wildman–Crippen LogP) is 15.5. The van der Waals surface area contributed by atoms with Gasteiger partial charge in [-0.25, -0.2) is 0 Å². The van der Waals surface area contributed by atoms with Gasteiger partial charge in [0.25, 0.3) is 0 Å². The summed E-state index contributed by atoms with van der Waals surface area (Å²) in [5, 5.41) is 5.55. The average Bonchev–Trinajstić information content (AvgIpc) is 3.69. The number of hydrogen-bond acceptors (Lipinski definition) is 0. The third-order valence-corrected chi connectivity index (χ3v) is 9.63. The first kappa shape index (κ1) is 42.2. The van der Waals surface area contributed by atoms with E-state index in [-0.39, 0.29) is 0 Å². The van der Waals surface area contributed by atoms with Crippen LogP contribution in [0.4, 0.5) is 0 Å². The molecular weight excluding hydrogens is 743 g/mol. The van der Waals surface area contributed by atoms with Gasteiger partial charge >= 0.3 is 37.9 Å². The molecule has 0 aliphatic rings. The molecule has 0 spiro atoms. The molecule has 0 aliphatic heterocycles. The fourth-order valence-corrected chi connectivity index (χ4v) is 6.87. The van der Waals surface area contributed by atoms with Crippen LogP contribution in [-0.4, -0.2) is 9.52 Å². The zero-order valence-electron chi connectivity index (χ0n) is 32.4. The Kier molecular flexibility index (Phi) is 17.0. The topological polar surface area (TPSA) is 0 Å². The molecule has 6 rings (SSSR count). The Morgan fingerprint density at radius 3 is 1.14 bits per heavy atom. The van der Waals surface area contributed by atoms with Crippen LogP contribution in [0.5, 0.6) is 0 Å². The van der Waals surface area contributed by atoms with Gasteiger partial charge in [-0.2, -0.15) is 12.1 Å². The van der Waals surface area contributed by atoms with E-state index in [4.69, 9.17) is 17.0 Å². The summed E-state index contributed by atoms with van der Waals surface area (Å²) in [7, 11) is 11.0. The average molecular weight is 799 g/mol. The van der Waals surface area contributed by atoms with Gasteiger partial charge in [0.05, 0.1) is 0 Å². The molecule has 0 nitrogen and oxygen atoms in total. The van der Waals surface area contributed by atoms with Crippen molar-refractivity contribution in [1.82, 2.24) is 0 Å². The molecule has 0 bridgehead atoms. The van der Waals surface area contributed by atoms with Gasteiger partial charge in [0.1, 0.15) is 0 Å². The third kappa shape index (κ3) is 10.9. The zero-order chi connectivity index (χ0) is 37.1. The Hall–Kier alpha value is -2.22. The van der Waals surface area contributed by atoms with E-state index in [1.807, 2.05) is 0 Å². The molecule has 2 unspecified atom stereocenters. The minimum atomic E-state index is -0.826. The van der Waals surface area contributed by atoms with E-state index in [1.54, 1.807) is 0 Å². The Morgan fingerprint density at radius 2 is 0.860 bits per heavy atom. The number of rotatable bonds is 6. The van der Waals surface area contributed by atoms with E-state index >= 15 is 0 Å². The molecule has 0 heterocycles. The predicted molar refractivity (Wildman–Crippen MR) is 225 cm³/mol. The Morgan fingerprint density at radius 1 is 0.560 bits per heavy atom. The normalized spacial score (nSPS) is 11.8. The SMILES string of the molecule is CCC(C)c1cc2c(-c3cc(C)cc(C)c3)c(C)ccc2[cH-]1.CCC(C)c1cc2c(-c3cc(C)cc(C)c3)c(C)ccc2[cH-]1.C[Si]C.[Cl][Zr+2][Cl]. The first-order valence-corrected chi connectivity index (χ1v) is 26.3. The number of fused-ring (bicyclic) bond motifs is 2. The second-order valence-electron chi connectivity index (χ2n) is 14.0. The summed E-state index contributed by atoms with van der Waals surface area (Å²) in [6.07, 6.45) is 2.38. The van der Waals surface area contributed by atoms with Gasteiger partial charge in [0, 0.05) is 9.52 Å². The maximum absolute atomic E-state index is 4.93. The number of benzene rings is 4. The van der Waals surface area contributed by atoms with Crippen LogP contribution in [0.3, 0.4) is 0 Å². The van der Waals surface area contributed by atoms with Crippen molar-refractivity contribution in [1.29, 1.82) is 0 Å². The summed E-state index contributed by atoms with van der Waals surface area (Å²) in [6.45, 7) is 26.6. The van der Waals surface area contributed by atoms with Crippen molar-refractivity contribution in [2.45, 2.75) is 107 Å². The molecule has 6 aromatic carbocycles. The van der Waals surface area contributed by atoms with Gasteiger partial charge < -0.3 is 0 Å². The van der Waals surface area contributed by atoms with Crippen molar-refractivity contribution in [2.24, 2.45) is 0 Å². The molecule has 6 aromatic rings. The van der Waals surface area contributed by atoms with Crippen LogP contribution in [0.1, 0.15) is 96.9 Å². The van der Waals surface area contributed by atoms with Crippen LogP contribution < -0.4 is 0 Å². The molecule has 50 heavy (non-hydrogen) atoms. The van der Waals surface area contributed by atoms with E-state index in [0.29, 0.717) is 11.8 Å². The van der Waals surface area contributed by atoms with Gasteiger partial charge in [-0.15, -0.1) is 69.1 Å². The van der Waals surface area contributed by atoms with Crippen molar-refractivity contribution in [2.75, 3.05) is 0 Å². The van der Waals surface area contributed by atoms with Crippen LogP contribution in [0.25, 0.3) is 43.8 Å². The molecule has 262 valence electrons. The summed E-state index contributed by atoms with van der Waals surface area (Å²) in [5.41, 5.74) is 16.5. The molecule has 0 amide bonds. The maximum atomic E-state index is 4.93. The minimum absolute atomic E-state index is 0.625. The van der Waals surface area contributed by atoms with Crippen LogP contribution >= 0.6 is 17.0 Å². The van der Waals surface area contributed by atoms with Crippen molar-refractivity contribution in [3.05, 3.63) is 129 Å². The van der Waals surface area contributed by atoms with Gasteiger partial charge in [0.2, 0.25) is 0 Å². The second kappa shape index (κ2) is 20.1. The Labute approximate surface area is 325 Å². The summed E-state index contributed by atoms with van der Waals surface area (Å²) in [4.78, 5) is 0. The molecular formula is C46H56Cl2SiZr. The van der Waals surface area contributed by atoms with Crippen molar-refractivity contribution < 1.29 is 20.8 Å². The van der Waals surface area contributed by atoms with Gasteiger partial charge in [-0.3, -0.25) is 0 Å². The summed E-state index contributed by atoms with van der Waals surface area (Å²) in [5.74, 6) is 1.25. The van der Waals surface area contributed by atoms with Crippen LogP contribution in [-0.2, 0) is 20.8 Å². The van der Waals surface area contributed by atoms with E-state index < -0.39 is 20.8 Å². The second-order valence-corrected chi connectivity index (χ2v) is 18.8. The quantitative estimate of drug-likeness (QED) is 0.116. The monoisotopic (exact) mass is 796 g/mol. The molecule has 0 saturated heterocycles. The first-order valence-electron chi connectivity index (χ1n) is 17.9. The van der Waals surface area contributed by atoms with Crippen LogP contribution in [0, 0.1) is 41.5 Å². The standard InChI is InChI=1S/2C22H25.C2H6Si.2ClH.Zr/c2*1-6-16(4)19-12-18-8-7-17(5)22(21(18)13-19)20-10-14(2)9-15(3)11-20;1-3-2;;;/h2*7-13,16H,6H2,1-5H3;1-2H3;2*1H;/q2*-1;;;;+4/p-2. The van der Waals surface area contributed by atoms with Crippen LogP contribution in [0.2, 0.25) is 13.1 Å². The molecule has 0 aliphatic carbocycles. The molecule has 0 fully saturated rings. The fraction of sp³-hybridized carbons (Fsp3) is 0.348. The molecule has 0 aromatic heterocycles. The van der Waals surface area contributed by atoms with Crippen LogP contribution in [0.15, 0.2) is 84.9 Å². The number of halogens is 2. The summed E-state index contributed by atoms with van der Waals surface area (Å²) < 4.78 is 0. The first-order chi connectivity index (χ1) is 23.8. The molecule has 0 saturated carbocycles. The number of aryl methyl sites for hydroxylation is 6. The Balaban J connectivity index is 0.000000234. The molecule has 0 N–H and O–H groups in total. The summed E-state index contributed by atoms with van der Waals surface area (Å²) >= 11 is -0.826. The fourth-order valence-electron chi connectivity index (χ4n) is 6.87. The Bertz CT molecular complexity index is 1790. The van der Waals surface area contributed by atoms with Gasteiger partial charge in [-0.1, -0.05) is 135 Å². The van der Waals surface area contributed by atoms with E-state index in [2.05, 4.69) is 167 Å². The van der Waals surface area contributed by atoms with Crippen molar-refractivity contribution in [3.8, 4) is 22.3 Å². The van der Waals surface area contributed by atoms with E-state index in [1.165, 1.54) is 101 Å². The zero-order valence-corrected chi connectivity index (χ0v) is 37.4. The van der Waals surface area contributed by atoms with Crippen molar-refractivity contribution in [3.63, 3.8) is 0 Å². The summed E-state index contributed by atoms with van der Waals surface area (Å²) in [6, 6.07) is 32.3. The molecule has 2 radical (unpaired) electrons. The molecule has 4 heteroatoms.